The summed E-state index contributed by atoms with van der Waals surface area (Å²) in [6.45, 7) is 7.65. The minimum absolute atomic E-state index is 0.0953. The molecule has 1 amide bonds. The molecular formula is C19H39NO2. The maximum Gasteiger partial charge on any atom is 0.251 e. The van der Waals surface area contributed by atoms with E-state index in [4.69, 9.17) is 0 Å². The topological polar surface area (TPSA) is 40.5 Å². The number of aliphatic hydroxyl groups is 1. The molecule has 0 unspecified atom stereocenters. The highest BCUT2D eigenvalue weighted by molar-refractivity contribution is 5.80. The molecule has 0 rings (SSSR count). The second-order valence-corrected chi connectivity index (χ2v) is 6.54. The van der Waals surface area contributed by atoms with E-state index >= 15 is 0 Å². The van der Waals surface area contributed by atoms with Gasteiger partial charge < -0.3 is 10.0 Å². The van der Waals surface area contributed by atoms with E-state index in [0.717, 1.165) is 25.9 Å². The summed E-state index contributed by atoms with van der Waals surface area (Å²) < 4.78 is 0. The molecule has 22 heavy (non-hydrogen) atoms. The van der Waals surface area contributed by atoms with Crippen LogP contribution in [0.15, 0.2) is 0 Å². The van der Waals surface area contributed by atoms with Crippen LogP contribution in [-0.4, -0.2) is 35.1 Å². The molecular weight excluding hydrogens is 274 g/mol. The first-order valence-electron chi connectivity index (χ1n) is 9.60. The molecule has 1 atom stereocenters. The highest BCUT2D eigenvalue weighted by Gasteiger charge is 2.17. The van der Waals surface area contributed by atoms with Gasteiger partial charge >= 0.3 is 0 Å². The average molecular weight is 314 g/mol. The molecule has 0 aliphatic carbocycles. The Morgan fingerprint density at radius 2 is 1.14 bits per heavy atom. The lowest BCUT2D eigenvalue weighted by atomic mass is 10.1. The van der Waals surface area contributed by atoms with Gasteiger partial charge in [-0.3, -0.25) is 4.79 Å². The molecule has 0 saturated carbocycles. The fourth-order valence-corrected chi connectivity index (χ4v) is 2.76. The lowest BCUT2D eigenvalue weighted by Crippen LogP contribution is -2.39. The van der Waals surface area contributed by atoms with Crippen LogP contribution in [0.2, 0.25) is 0 Å². The minimum Gasteiger partial charge on any atom is -0.384 e. The standard InChI is InChI=1S/C19H39NO2/c1-4-6-8-10-12-14-16-20(19(22)18(3)21)17-15-13-11-9-7-5-2/h18,21H,4-17H2,1-3H3/t18-/m1/s1. The molecule has 3 heteroatoms. The summed E-state index contributed by atoms with van der Waals surface area (Å²) in [6, 6.07) is 0. The number of carbonyl (C=O) groups excluding carboxylic acids is 1. The smallest absolute Gasteiger partial charge is 0.251 e. The fourth-order valence-electron chi connectivity index (χ4n) is 2.76. The van der Waals surface area contributed by atoms with Crippen molar-refractivity contribution >= 4 is 5.91 Å². The van der Waals surface area contributed by atoms with Crippen LogP contribution in [0.1, 0.15) is 97.8 Å². The van der Waals surface area contributed by atoms with Crippen LogP contribution >= 0.6 is 0 Å². The van der Waals surface area contributed by atoms with E-state index in [2.05, 4.69) is 13.8 Å². The molecule has 3 nitrogen and oxygen atoms in total. The Labute approximate surface area is 138 Å². The quantitative estimate of drug-likeness (QED) is 0.436. The van der Waals surface area contributed by atoms with Crippen LogP contribution in [0.25, 0.3) is 0 Å². The van der Waals surface area contributed by atoms with Gasteiger partial charge in [-0.1, -0.05) is 78.1 Å². The van der Waals surface area contributed by atoms with E-state index < -0.39 is 6.10 Å². The van der Waals surface area contributed by atoms with Gasteiger partial charge in [0, 0.05) is 13.1 Å². The molecule has 132 valence electrons. The van der Waals surface area contributed by atoms with Crippen molar-refractivity contribution in [1.29, 1.82) is 0 Å². The number of nitrogens with zero attached hydrogens (tertiary/aromatic N) is 1. The molecule has 0 radical (unpaired) electrons. The Kier molecular flexibility index (Phi) is 14.9. The summed E-state index contributed by atoms with van der Waals surface area (Å²) in [5.41, 5.74) is 0. The summed E-state index contributed by atoms with van der Waals surface area (Å²) >= 11 is 0. The highest BCUT2D eigenvalue weighted by Crippen LogP contribution is 2.10. The van der Waals surface area contributed by atoms with E-state index in [-0.39, 0.29) is 5.91 Å². The summed E-state index contributed by atoms with van der Waals surface area (Å²) in [6.07, 6.45) is 14.0. The number of hydrogen-bond acceptors (Lipinski definition) is 2. The van der Waals surface area contributed by atoms with Gasteiger partial charge in [0.1, 0.15) is 6.10 Å². The van der Waals surface area contributed by atoms with Crippen molar-refractivity contribution in [3.63, 3.8) is 0 Å². The molecule has 0 aliphatic rings. The maximum atomic E-state index is 12.1. The third kappa shape index (κ3) is 12.0. The number of carbonyl (C=O) groups is 1. The van der Waals surface area contributed by atoms with Gasteiger partial charge in [0.2, 0.25) is 0 Å². The summed E-state index contributed by atoms with van der Waals surface area (Å²) in [4.78, 5) is 13.9. The lowest BCUT2D eigenvalue weighted by molar-refractivity contribution is -0.139. The van der Waals surface area contributed by atoms with Crippen LogP contribution in [0, 0.1) is 0 Å². The molecule has 0 heterocycles. The van der Waals surface area contributed by atoms with Crippen LogP contribution in [0.4, 0.5) is 0 Å². The molecule has 0 spiro atoms. The van der Waals surface area contributed by atoms with E-state index in [1.807, 2.05) is 4.90 Å². The van der Waals surface area contributed by atoms with Gasteiger partial charge in [0.05, 0.1) is 0 Å². The van der Waals surface area contributed by atoms with Crippen molar-refractivity contribution in [1.82, 2.24) is 4.90 Å². The predicted octanol–water partition coefficient (Wildman–Crippen LogP) is 4.92. The molecule has 1 N–H and O–H groups in total. The van der Waals surface area contributed by atoms with Crippen LogP contribution < -0.4 is 0 Å². The van der Waals surface area contributed by atoms with Crippen molar-refractivity contribution in [2.75, 3.05) is 13.1 Å². The van der Waals surface area contributed by atoms with E-state index in [9.17, 15) is 9.90 Å². The molecule has 0 fully saturated rings. The third-order valence-electron chi connectivity index (χ3n) is 4.23. The monoisotopic (exact) mass is 313 g/mol. The lowest BCUT2D eigenvalue weighted by Gasteiger charge is -2.24. The Hall–Kier alpha value is -0.570. The van der Waals surface area contributed by atoms with Gasteiger partial charge in [-0.15, -0.1) is 0 Å². The Bertz CT molecular complexity index is 238. The van der Waals surface area contributed by atoms with Crippen molar-refractivity contribution in [2.45, 2.75) is 104 Å². The van der Waals surface area contributed by atoms with Crippen molar-refractivity contribution < 1.29 is 9.90 Å². The Morgan fingerprint density at radius 3 is 1.50 bits per heavy atom. The maximum absolute atomic E-state index is 12.1. The first-order valence-corrected chi connectivity index (χ1v) is 9.60. The van der Waals surface area contributed by atoms with Crippen LogP contribution in [0.3, 0.4) is 0 Å². The van der Waals surface area contributed by atoms with E-state index in [1.54, 1.807) is 6.92 Å². The molecule has 0 aromatic rings. The minimum atomic E-state index is -0.861. The zero-order chi connectivity index (χ0) is 16.6. The SMILES string of the molecule is CCCCCCCCN(CCCCCCCC)C(=O)[C@@H](C)O. The van der Waals surface area contributed by atoms with Crippen molar-refractivity contribution in [3.05, 3.63) is 0 Å². The van der Waals surface area contributed by atoms with E-state index in [0.29, 0.717) is 0 Å². The number of unbranched alkanes of at least 4 members (excludes halogenated alkanes) is 10. The van der Waals surface area contributed by atoms with Crippen LogP contribution in [-0.2, 0) is 4.79 Å². The van der Waals surface area contributed by atoms with Gasteiger partial charge in [0.15, 0.2) is 0 Å². The molecule has 0 aromatic carbocycles. The zero-order valence-corrected chi connectivity index (χ0v) is 15.3. The first kappa shape index (κ1) is 21.4. The number of hydrogen-bond donors (Lipinski definition) is 1. The van der Waals surface area contributed by atoms with Gasteiger partial charge in [-0.05, 0) is 19.8 Å². The predicted molar refractivity (Wildman–Crippen MR) is 95.0 cm³/mol. The molecule has 0 aliphatic heterocycles. The average Bonchev–Trinajstić information content (AvgIpc) is 2.51. The van der Waals surface area contributed by atoms with Gasteiger partial charge in [0.25, 0.3) is 5.91 Å². The third-order valence-corrected chi connectivity index (χ3v) is 4.23. The zero-order valence-electron chi connectivity index (χ0n) is 15.3. The Morgan fingerprint density at radius 1 is 0.773 bits per heavy atom. The molecule has 0 saturated heterocycles. The Balaban J connectivity index is 3.88. The summed E-state index contributed by atoms with van der Waals surface area (Å²) in [5.74, 6) is -0.0953. The first-order chi connectivity index (χ1) is 10.6. The van der Waals surface area contributed by atoms with E-state index in [1.165, 1.54) is 64.2 Å². The van der Waals surface area contributed by atoms with Crippen molar-refractivity contribution in [2.24, 2.45) is 0 Å². The molecule has 0 bridgehead atoms. The second kappa shape index (κ2) is 15.3. The van der Waals surface area contributed by atoms with Crippen LogP contribution in [0.5, 0.6) is 0 Å². The number of rotatable bonds is 15. The highest BCUT2D eigenvalue weighted by atomic mass is 16.3. The van der Waals surface area contributed by atoms with Crippen molar-refractivity contribution in [3.8, 4) is 0 Å². The number of aliphatic hydroxyl groups excluding tert-OH is 1. The summed E-state index contributed by atoms with van der Waals surface area (Å²) in [5, 5.41) is 9.55. The fraction of sp³-hybridized carbons (Fsp3) is 0.947. The normalized spacial score (nSPS) is 12.4. The summed E-state index contributed by atoms with van der Waals surface area (Å²) in [7, 11) is 0. The van der Waals surface area contributed by atoms with Gasteiger partial charge in [-0.25, -0.2) is 0 Å². The second-order valence-electron chi connectivity index (χ2n) is 6.54. The van der Waals surface area contributed by atoms with Gasteiger partial charge in [-0.2, -0.15) is 0 Å². The largest absolute Gasteiger partial charge is 0.384 e. The number of amides is 1. The molecule has 0 aromatic heterocycles.